The molecule has 0 radical (unpaired) electrons. The fourth-order valence-electron chi connectivity index (χ4n) is 3.50. The minimum Gasteiger partial charge on any atom is -0.300 e. The smallest absolute Gasteiger partial charge is 0.300 e. The molecular formula is C27H21F3O4. The minimum atomic E-state index is -5.04. The summed E-state index contributed by atoms with van der Waals surface area (Å²) in [7, 11) is 0. The molecular weight excluding hydrogens is 445 g/mol. The van der Waals surface area contributed by atoms with Gasteiger partial charge < -0.3 is 0 Å². The van der Waals surface area contributed by atoms with Crippen molar-refractivity contribution in [2.45, 2.75) is 32.9 Å². The second-order valence-electron chi connectivity index (χ2n) is 8.03. The molecule has 3 aromatic carbocycles. The van der Waals surface area contributed by atoms with Gasteiger partial charge in [0.05, 0.1) is 12.8 Å². The SMILES string of the molecule is CC(=O)CC(=O)c1ccc(-c2ccc(C)cc2-c2ccc(C(=O)CC(=O)C(F)(F)F)cc2)cc1. The van der Waals surface area contributed by atoms with Crippen LogP contribution in [0.15, 0.2) is 66.7 Å². The first kappa shape index (κ1) is 24.8. The average Bonchev–Trinajstić information content (AvgIpc) is 2.78. The maximum Gasteiger partial charge on any atom is 0.450 e. The normalized spacial score (nSPS) is 11.2. The first-order chi connectivity index (χ1) is 16.0. The number of Topliss-reactive ketones (excluding diaryl/α,β-unsaturated/α-hetero) is 4. The van der Waals surface area contributed by atoms with Gasteiger partial charge in [-0.25, -0.2) is 0 Å². The van der Waals surface area contributed by atoms with Gasteiger partial charge in [-0.1, -0.05) is 72.3 Å². The van der Waals surface area contributed by atoms with E-state index in [1.165, 1.54) is 19.1 Å². The Labute approximate surface area is 194 Å². The van der Waals surface area contributed by atoms with Crippen molar-refractivity contribution in [2.75, 3.05) is 0 Å². The highest BCUT2D eigenvalue weighted by molar-refractivity contribution is 6.09. The van der Waals surface area contributed by atoms with E-state index in [0.29, 0.717) is 5.56 Å². The highest BCUT2D eigenvalue weighted by Crippen LogP contribution is 2.33. The first-order valence-corrected chi connectivity index (χ1v) is 10.4. The zero-order chi connectivity index (χ0) is 25.0. The van der Waals surface area contributed by atoms with Crippen LogP contribution < -0.4 is 0 Å². The predicted molar refractivity (Wildman–Crippen MR) is 122 cm³/mol. The van der Waals surface area contributed by atoms with Gasteiger partial charge in [-0.2, -0.15) is 13.2 Å². The molecule has 174 valence electrons. The Bertz CT molecular complexity index is 1250. The average molecular weight is 466 g/mol. The Hall–Kier alpha value is -3.87. The Balaban J connectivity index is 1.89. The number of rotatable bonds is 8. The number of ketones is 4. The largest absolute Gasteiger partial charge is 0.450 e. The molecule has 0 amide bonds. The molecule has 0 atom stereocenters. The van der Waals surface area contributed by atoms with E-state index in [4.69, 9.17) is 0 Å². The molecule has 7 heteroatoms. The lowest BCUT2D eigenvalue weighted by Crippen LogP contribution is -2.25. The molecule has 3 rings (SSSR count). The van der Waals surface area contributed by atoms with Crippen LogP contribution >= 0.6 is 0 Å². The standard InChI is InChI=1S/C27H21F3O4/c1-16-3-12-22(18-4-8-20(9-5-18)24(32)14-17(2)31)23(13-16)19-6-10-21(11-7-19)25(33)15-26(34)27(28,29)30/h3-13H,14-15H2,1-2H3. The van der Waals surface area contributed by atoms with Gasteiger partial charge in [-0.15, -0.1) is 0 Å². The first-order valence-electron chi connectivity index (χ1n) is 10.4. The van der Waals surface area contributed by atoms with E-state index in [-0.39, 0.29) is 23.6 Å². The van der Waals surface area contributed by atoms with E-state index in [9.17, 15) is 32.3 Å². The van der Waals surface area contributed by atoms with E-state index in [2.05, 4.69) is 0 Å². The molecule has 0 aliphatic rings. The Morgan fingerprint density at radius 1 is 0.676 bits per heavy atom. The number of carbonyl (C=O) groups is 4. The molecule has 0 heterocycles. The van der Waals surface area contributed by atoms with Crippen LogP contribution in [0.2, 0.25) is 0 Å². The summed E-state index contributed by atoms with van der Waals surface area (Å²) in [6.07, 6.45) is -6.43. The van der Waals surface area contributed by atoms with Crippen molar-refractivity contribution in [2.24, 2.45) is 0 Å². The molecule has 0 fully saturated rings. The van der Waals surface area contributed by atoms with Crippen LogP contribution in [0.1, 0.15) is 46.0 Å². The fraction of sp³-hybridized carbons (Fsp3) is 0.185. The van der Waals surface area contributed by atoms with Gasteiger partial charge in [0.25, 0.3) is 0 Å². The van der Waals surface area contributed by atoms with Crippen LogP contribution in [0, 0.1) is 6.92 Å². The number of carbonyl (C=O) groups excluding carboxylic acids is 4. The summed E-state index contributed by atoms with van der Waals surface area (Å²) >= 11 is 0. The number of hydrogen-bond acceptors (Lipinski definition) is 4. The monoisotopic (exact) mass is 466 g/mol. The molecule has 0 saturated heterocycles. The third-order valence-electron chi connectivity index (χ3n) is 5.26. The number of alkyl halides is 3. The second-order valence-corrected chi connectivity index (χ2v) is 8.03. The summed E-state index contributed by atoms with van der Waals surface area (Å²) in [6, 6.07) is 18.7. The van der Waals surface area contributed by atoms with Crippen LogP contribution in [0.5, 0.6) is 0 Å². The van der Waals surface area contributed by atoms with Crippen molar-refractivity contribution in [3.8, 4) is 22.3 Å². The summed E-state index contributed by atoms with van der Waals surface area (Å²) < 4.78 is 37.3. The fourth-order valence-corrected chi connectivity index (χ4v) is 3.50. The third-order valence-corrected chi connectivity index (χ3v) is 5.26. The third kappa shape index (κ3) is 5.92. The van der Waals surface area contributed by atoms with Crippen LogP contribution in [-0.2, 0) is 9.59 Å². The summed E-state index contributed by atoms with van der Waals surface area (Å²) in [6.45, 7) is 3.27. The highest BCUT2D eigenvalue weighted by Gasteiger charge is 2.39. The molecule has 0 aliphatic heterocycles. The summed E-state index contributed by atoms with van der Waals surface area (Å²) in [4.78, 5) is 46.5. The predicted octanol–water partition coefficient (Wildman–Crippen LogP) is 6.20. The molecule has 0 saturated carbocycles. The summed E-state index contributed by atoms with van der Waals surface area (Å²) in [5.74, 6) is -3.44. The molecule has 0 spiro atoms. The number of halogens is 3. The van der Waals surface area contributed by atoms with Crippen LogP contribution in [-0.4, -0.2) is 29.3 Å². The number of aryl methyl sites for hydroxylation is 1. The van der Waals surface area contributed by atoms with Crippen molar-refractivity contribution in [1.82, 2.24) is 0 Å². The molecule has 4 nitrogen and oxygen atoms in total. The topological polar surface area (TPSA) is 68.3 Å². The second kappa shape index (κ2) is 9.95. The molecule has 34 heavy (non-hydrogen) atoms. The van der Waals surface area contributed by atoms with E-state index in [1.54, 1.807) is 36.4 Å². The maximum absolute atomic E-state index is 12.4. The van der Waals surface area contributed by atoms with Gasteiger partial charge in [-0.05, 0) is 36.1 Å². The summed E-state index contributed by atoms with van der Waals surface area (Å²) in [5.41, 5.74) is 4.66. The zero-order valence-corrected chi connectivity index (χ0v) is 18.5. The maximum atomic E-state index is 12.4. The Morgan fingerprint density at radius 3 is 1.62 bits per heavy atom. The van der Waals surface area contributed by atoms with Crippen LogP contribution in [0.3, 0.4) is 0 Å². The Kier molecular flexibility index (Phi) is 7.25. The van der Waals surface area contributed by atoms with Crippen molar-refractivity contribution in [1.29, 1.82) is 0 Å². The quantitative estimate of drug-likeness (QED) is 0.293. The van der Waals surface area contributed by atoms with E-state index >= 15 is 0 Å². The number of hydrogen-bond donors (Lipinski definition) is 0. The van der Waals surface area contributed by atoms with Gasteiger partial charge in [0.15, 0.2) is 11.6 Å². The zero-order valence-electron chi connectivity index (χ0n) is 18.5. The van der Waals surface area contributed by atoms with E-state index in [0.717, 1.165) is 27.8 Å². The molecule has 0 N–H and O–H groups in total. The van der Waals surface area contributed by atoms with Gasteiger partial charge in [-0.3, -0.25) is 19.2 Å². The molecule has 3 aromatic rings. The van der Waals surface area contributed by atoms with Crippen LogP contribution in [0.4, 0.5) is 13.2 Å². The molecule has 0 unspecified atom stereocenters. The van der Waals surface area contributed by atoms with Gasteiger partial charge in [0.1, 0.15) is 5.78 Å². The van der Waals surface area contributed by atoms with Crippen molar-refractivity contribution >= 4 is 23.1 Å². The lowest BCUT2D eigenvalue weighted by atomic mass is 9.91. The summed E-state index contributed by atoms with van der Waals surface area (Å²) in [5, 5.41) is 0. The van der Waals surface area contributed by atoms with Crippen molar-refractivity contribution in [3.05, 3.63) is 83.4 Å². The minimum absolute atomic E-state index is 0.0175. The van der Waals surface area contributed by atoms with Gasteiger partial charge in [0.2, 0.25) is 5.78 Å². The van der Waals surface area contributed by atoms with E-state index < -0.39 is 24.2 Å². The van der Waals surface area contributed by atoms with Gasteiger partial charge >= 0.3 is 6.18 Å². The number of benzene rings is 3. The lowest BCUT2D eigenvalue weighted by Gasteiger charge is -2.13. The Morgan fingerprint density at radius 2 is 1.15 bits per heavy atom. The molecule has 0 aliphatic carbocycles. The lowest BCUT2D eigenvalue weighted by molar-refractivity contribution is -0.170. The highest BCUT2D eigenvalue weighted by atomic mass is 19.4. The van der Waals surface area contributed by atoms with Crippen molar-refractivity contribution in [3.63, 3.8) is 0 Å². The van der Waals surface area contributed by atoms with Crippen molar-refractivity contribution < 1.29 is 32.3 Å². The molecule has 0 bridgehead atoms. The van der Waals surface area contributed by atoms with Gasteiger partial charge in [0, 0.05) is 11.1 Å². The molecule has 0 aromatic heterocycles. The van der Waals surface area contributed by atoms with E-state index in [1.807, 2.05) is 25.1 Å². The van der Waals surface area contributed by atoms with Crippen LogP contribution in [0.25, 0.3) is 22.3 Å².